The van der Waals surface area contributed by atoms with E-state index in [4.69, 9.17) is 4.42 Å². The van der Waals surface area contributed by atoms with Gasteiger partial charge in [-0.15, -0.1) is 0 Å². The summed E-state index contributed by atoms with van der Waals surface area (Å²) in [6.07, 6.45) is 3.45. The molecule has 2 amide bonds. The number of nitrogens with zero attached hydrogens (tertiary/aromatic N) is 2. The van der Waals surface area contributed by atoms with Gasteiger partial charge in [0.15, 0.2) is 5.76 Å². The molecule has 1 aliphatic carbocycles. The molecule has 1 atom stereocenters. The van der Waals surface area contributed by atoms with E-state index in [0.29, 0.717) is 12.3 Å². The topological polar surface area (TPSA) is 65.8 Å². The molecule has 29 heavy (non-hydrogen) atoms. The Balaban J connectivity index is 1.91. The fraction of sp³-hybridized carbons (Fsp3) is 0.478. The van der Waals surface area contributed by atoms with E-state index in [0.717, 1.165) is 29.8 Å². The van der Waals surface area contributed by atoms with E-state index in [-0.39, 0.29) is 29.7 Å². The van der Waals surface area contributed by atoms with Crippen molar-refractivity contribution in [3.63, 3.8) is 0 Å². The van der Waals surface area contributed by atoms with Crippen molar-refractivity contribution in [1.82, 2.24) is 4.90 Å². The molecule has 0 spiro atoms. The highest BCUT2D eigenvalue weighted by atomic mass is 16.3. The summed E-state index contributed by atoms with van der Waals surface area (Å²) in [7, 11) is 3.96. The highest BCUT2D eigenvalue weighted by Gasteiger charge is 2.30. The van der Waals surface area contributed by atoms with Gasteiger partial charge in [0.05, 0.1) is 6.26 Å². The number of hydrogen-bond donors (Lipinski definition) is 1. The van der Waals surface area contributed by atoms with Gasteiger partial charge >= 0.3 is 0 Å². The van der Waals surface area contributed by atoms with E-state index in [1.54, 1.807) is 12.1 Å². The summed E-state index contributed by atoms with van der Waals surface area (Å²) in [5, 5.41) is 3.01. The number of carbonyl (C=O) groups is 2. The van der Waals surface area contributed by atoms with Gasteiger partial charge in [0.2, 0.25) is 5.91 Å². The molecule has 1 saturated carbocycles. The largest absolute Gasteiger partial charge is 0.459 e. The van der Waals surface area contributed by atoms with Gasteiger partial charge in [-0.05, 0) is 61.6 Å². The highest BCUT2D eigenvalue weighted by molar-refractivity contribution is 5.94. The lowest BCUT2D eigenvalue weighted by Gasteiger charge is -2.32. The SMILES string of the molecule is CC(C)C(C)N(Cc1cc(NC(=O)C2CC2)ccc1N(C)C)C(=O)c1ccco1. The standard InChI is InChI=1S/C23H31N3O3/c1-15(2)16(3)26(23(28)21-7-6-12-29-21)14-18-13-19(10-11-20(18)25(4)5)24-22(27)17-8-9-17/h6-7,10-13,15-17H,8-9,14H2,1-5H3,(H,24,27). The third-order valence-electron chi connectivity index (χ3n) is 5.57. The first-order valence-corrected chi connectivity index (χ1v) is 10.2. The molecule has 1 unspecified atom stereocenters. The van der Waals surface area contributed by atoms with Crippen LogP contribution < -0.4 is 10.2 Å². The van der Waals surface area contributed by atoms with Gasteiger partial charge in [0.1, 0.15) is 0 Å². The maximum absolute atomic E-state index is 13.1. The number of anilines is 2. The van der Waals surface area contributed by atoms with E-state index in [9.17, 15) is 9.59 Å². The number of benzene rings is 1. The summed E-state index contributed by atoms with van der Waals surface area (Å²) in [5.41, 5.74) is 2.77. The summed E-state index contributed by atoms with van der Waals surface area (Å²) < 4.78 is 5.37. The van der Waals surface area contributed by atoms with Crippen molar-refractivity contribution in [2.45, 2.75) is 46.2 Å². The van der Waals surface area contributed by atoms with Crippen LogP contribution in [0.4, 0.5) is 11.4 Å². The molecule has 1 aromatic heterocycles. The Morgan fingerprint density at radius 2 is 1.90 bits per heavy atom. The lowest BCUT2D eigenvalue weighted by atomic mass is 10.0. The molecule has 1 N–H and O–H groups in total. The Labute approximate surface area is 172 Å². The second kappa shape index (κ2) is 8.72. The summed E-state index contributed by atoms with van der Waals surface area (Å²) in [6, 6.07) is 9.33. The zero-order valence-electron chi connectivity index (χ0n) is 17.9. The van der Waals surface area contributed by atoms with Crippen molar-refractivity contribution >= 4 is 23.2 Å². The molecule has 1 fully saturated rings. The van der Waals surface area contributed by atoms with Crippen LogP contribution in [-0.4, -0.2) is 36.9 Å². The molecule has 0 saturated heterocycles. The summed E-state index contributed by atoms with van der Waals surface area (Å²) in [5.74, 6) is 0.711. The van der Waals surface area contributed by atoms with Crippen LogP contribution in [0.3, 0.4) is 0 Å². The van der Waals surface area contributed by atoms with Crippen molar-refractivity contribution in [2.75, 3.05) is 24.3 Å². The van der Waals surface area contributed by atoms with Crippen molar-refractivity contribution in [2.24, 2.45) is 11.8 Å². The fourth-order valence-electron chi connectivity index (χ4n) is 3.30. The van der Waals surface area contributed by atoms with Crippen LogP contribution in [0.1, 0.15) is 49.7 Å². The maximum atomic E-state index is 13.1. The molecule has 2 aromatic rings. The third kappa shape index (κ3) is 5.00. The predicted octanol–water partition coefficient (Wildman–Crippen LogP) is 4.38. The molecular formula is C23H31N3O3. The zero-order chi connectivity index (χ0) is 21.1. The summed E-state index contributed by atoms with van der Waals surface area (Å²) in [4.78, 5) is 29.2. The molecule has 0 radical (unpaired) electrons. The van der Waals surface area contributed by atoms with E-state index in [2.05, 4.69) is 26.1 Å². The predicted molar refractivity (Wildman–Crippen MR) is 115 cm³/mol. The third-order valence-corrected chi connectivity index (χ3v) is 5.57. The van der Waals surface area contributed by atoms with Crippen LogP contribution in [-0.2, 0) is 11.3 Å². The average molecular weight is 398 g/mol. The van der Waals surface area contributed by atoms with Crippen LogP contribution in [0.2, 0.25) is 0 Å². The first-order valence-electron chi connectivity index (χ1n) is 10.2. The number of nitrogens with one attached hydrogen (secondary N) is 1. The van der Waals surface area contributed by atoms with Gasteiger partial charge in [-0.25, -0.2) is 0 Å². The molecule has 156 valence electrons. The van der Waals surface area contributed by atoms with Crippen molar-refractivity contribution in [3.05, 3.63) is 47.9 Å². The molecule has 0 bridgehead atoms. The number of carbonyl (C=O) groups excluding carboxylic acids is 2. The zero-order valence-corrected chi connectivity index (χ0v) is 17.9. The summed E-state index contributed by atoms with van der Waals surface area (Å²) >= 11 is 0. The number of rotatable bonds is 8. The van der Waals surface area contributed by atoms with Crippen LogP contribution in [0.15, 0.2) is 41.0 Å². The Kier molecular flexibility index (Phi) is 6.30. The normalized spacial score (nSPS) is 14.6. The highest BCUT2D eigenvalue weighted by Crippen LogP contribution is 2.32. The van der Waals surface area contributed by atoms with Crippen LogP contribution in [0.5, 0.6) is 0 Å². The summed E-state index contributed by atoms with van der Waals surface area (Å²) in [6.45, 7) is 6.69. The number of furan rings is 1. The van der Waals surface area contributed by atoms with E-state index in [1.807, 2.05) is 42.1 Å². The second-order valence-corrected chi connectivity index (χ2v) is 8.40. The second-order valence-electron chi connectivity index (χ2n) is 8.40. The smallest absolute Gasteiger partial charge is 0.290 e. The van der Waals surface area contributed by atoms with Crippen LogP contribution >= 0.6 is 0 Å². The first kappa shape index (κ1) is 21.0. The first-order chi connectivity index (χ1) is 13.8. The van der Waals surface area contributed by atoms with Gasteiger partial charge in [0.25, 0.3) is 5.91 Å². The minimum atomic E-state index is -0.131. The lowest BCUT2D eigenvalue weighted by molar-refractivity contribution is -0.117. The van der Waals surface area contributed by atoms with Crippen molar-refractivity contribution in [1.29, 1.82) is 0 Å². The maximum Gasteiger partial charge on any atom is 0.290 e. The fourth-order valence-corrected chi connectivity index (χ4v) is 3.30. The Morgan fingerprint density at radius 1 is 1.17 bits per heavy atom. The van der Waals surface area contributed by atoms with Gasteiger partial charge < -0.3 is 19.5 Å². The Morgan fingerprint density at radius 3 is 2.45 bits per heavy atom. The van der Waals surface area contributed by atoms with Crippen LogP contribution in [0, 0.1) is 11.8 Å². The molecular weight excluding hydrogens is 366 g/mol. The molecule has 1 aliphatic rings. The van der Waals surface area contributed by atoms with Crippen molar-refractivity contribution in [3.8, 4) is 0 Å². The molecule has 1 heterocycles. The van der Waals surface area contributed by atoms with E-state index >= 15 is 0 Å². The van der Waals surface area contributed by atoms with Gasteiger partial charge in [-0.2, -0.15) is 0 Å². The molecule has 3 rings (SSSR count). The Hall–Kier alpha value is -2.76. The monoisotopic (exact) mass is 397 g/mol. The van der Waals surface area contributed by atoms with Gasteiger partial charge in [0, 0.05) is 44.0 Å². The minimum Gasteiger partial charge on any atom is -0.459 e. The van der Waals surface area contributed by atoms with E-state index in [1.165, 1.54) is 6.26 Å². The molecule has 6 heteroatoms. The quantitative estimate of drug-likeness (QED) is 0.718. The molecule has 0 aliphatic heterocycles. The van der Waals surface area contributed by atoms with Crippen LogP contribution in [0.25, 0.3) is 0 Å². The number of hydrogen-bond acceptors (Lipinski definition) is 4. The molecule has 1 aromatic carbocycles. The Bertz CT molecular complexity index is 854. The van der Waals surface area contributed by atoms with Gasteiger partial charge in [-0.1, -0.05) is 13.8 Å². The van der Waals surface area contributed by atoms with Gasteiger partial charge in [-0.3, -0.25) is 9.59 Å². The number of amides is 2. The minimum absolute atomic E-state index is 0.0207. The lowest BCUT2D eigenvalue weighted by Crippen LogP contribution is -2.41. The average Bonchev–Trinajstić information content (AvgIpc) is 3.39. The van der Waals surface area contributed by atoms with Crippen molar-refractivity contribution < 1.29 is 14.0 Å². The van der Waals surface area contributed by atoms with E-state index < -0.39 is 0 Å². The molecule has 6 nitrogen and oxygen atoms in total.